The molecule has 150 valence electrons. The summed E-state index contributed by atoms with van der Waals surface area (Å²) in [5.74, 6) is 0.754. The van der Waals surface area contributed by atoms with Gasteiger partial charge in [0.2, 0.25) is 5.76 Å². The standard InChI is InChI=1S/C21H24N2O4.ClH/c1-25-13-12-22-10-11-23-21(24)20-19(15-6-4-3-5-7-15)17-9-8-16(26-2)14-18(17)27-20;/h3-9,14,22H,10-13H2,1-2H3,(H,23,24);1H. The van der Waals surface area contributed by atoms with Crippen molar-refractivity contribution in [2.45, 2.75) is 0 Å². The first-order chi connectivity index (χ1) is 13.2. The number of fused-ring (bicyclic) bond motifs is 1. The van der Waals surface area contributed by atoms with E-state index in [0.29, 0.717) is 36.8 Å². The first kappa shape index (κ1) is 21.8. The molecule has 0 spiro atoms. The number of rotatable bonds is 9. The number of hydrogen-bond acceptors (Lipinski definition) is 5. The van der Waals surface area contributed by atoms with Crippen molar-refractivity contribution in [1.29, 1.82) is 0 Å². The molecular formula is C21H25ClN2O4. The van der Waals surface area contributed by atoms with Gasteiger partial charge in [0.05, 0.1) is 13.7 Å². The summed E-state index contributed by atoms with van der Waals surface area (Å²) in [4.78, 5) is 12.8. The Kier molecular flexibility index (Phi) is 8.32. The van der Waals surface area contributed by atoms with E-state index in [9.17, 15) is 4.79 Å². The molecule has 0 fully saturated rings. The van der Waals surface area contributed by atoms with Crippen molar-refractivity contribution < 1.29 is 18.7 Å². The van der Waals surface area contributed by atoms with Crippen LogP contribution in [0.4, 0.5) is 0 Å². The molecule has 0 atom stereocenters. The van der Waals surface area contributed by atoms with Gasteiger partial charge in [0.15, 0.2) is 0 Å². The topological polar surface area (TPSA) is 72.7 Å². The van der Waals surface area contributed by atoms with E-state index in [-0.39, 0.29) is 18.3 Å². The van der Waals surface area contributed by atoms with E-state index >= 15 is 0 Å². The third-order valence-electron chi connectivity index (χ3n) is 4.24. The number of amides is 1. The Morgan fingerprint density at radius 1 is 1.04 bits per heavy atom. The highest BCUT2D eigenvalue weighted by Crippen LogP contribution is 2.36. The second-order valence-corrected chi connectivity index (χ2v) is 6.03. The van der Waals surface area contributed by atoms with Gasteiger partial charge in [0.25, 0.3) is 5.91 Å². The Morgan fingerprint density at radius 2 is 1.82 bits per heavy atom. The van der Waals surface area contributed by atoms with Crippen molar-refractivity contribution >= 4 is 29.3 Å². The number of furan rings is 1. The first-order valence-corrected chi connectivity index (χ1v) is 8.88. The zero-order valence-electron chi connectivity index (χ0n) is 16.0. The largest absolute Gasteiger partial charge is 0.497 e. The minimum absolute atomic E-state index is 0. The summed E-state index contributed by atoms with van der Waals surface area (Å²) in [5, 5.41) is 6.98. The van der Waals surface area contributed by atoms with Gasteiger partial charge in [-0.15, -0.1) is 12.4 Å². The van der Waals surface area contributed by atoms with Crippen molar-refractivity contribution in [3.8, 4) is 16.9 Å². The van der Waals surface area contributed by atoms with Crippen LogP contribution >= 0.6 is 12.4 Å². The maximum absolute atomic E-state index is 12.8. The minimum atomic E-state index is -0.238. The highest BCUT2D eigenvalue weighted by atomic mass is 35.5. The van der Waals surface area contributed by atoms with Crippen LogP contribution in [-0.2, 0) is 4.74 Å². The summed E-state index contributed by atoms with van der Waals surface area (Å²) in [6, 6.07) is 15.4. The molecule has 0 unspecified atom stereocenters. The smallest absolute Gasteiger partial charge is 0.287 e. The summed E-state index contributed by atoms with van der Waals surface area (Å²) >= 11 is 0. The third-order valence-corrected chi connectivity index (χ3v) is 4.24. The number of halogens is 1. The third kappa shape index (κ3) is 5.04. The van der Waals surface area contributed by atoms with Crippen molar-refractivity contribution in [3.63, 3.8) is 0 Å². The lowest BCUT2D eigenvalue weighted by molar-refractivity contribution is 0.0929. The van der Waals surface area contributed by atoms with Crippen LogP contribution in [0, 0.1) is 0 Å². The summed E-state index contributed by atoms with van der Waals surface area (Å²) in [6.07, 6.45) is 0. The maximum Gasteiger partial charge on any atom is 0.287 e. The molecule has 1 aromatic heterocycles. The van der Waals surface area contributed by atoms with E-state index in [1.54, 1.807) is 20.3 Å². The van der Waals surface area contributed by atoms with Gasteiger partial charge >= 0.3 is 0 Å². The maximum atomic E-state index is 12.8. The molecular weight excluding hydrogens is 380 g/mol. The molecule has 1 heterocycles. The number of carbonyl (C=O) groups is 1. The average Bonchev–Trinajstić information content (AvgIpc) is 3.09. The Morgan fingerprint density at radius 3 is 2.54 bits per heavy atom. The second-order valence-electron chi connectivity index (χ2n) is 6.03. The van der Waals surface area contributed by atoms with Crippen LogP contribution in [0.2, 0.25) is 0 Å². The van der Waals surface area contributed by atoms with Crippen molar-refractivity contribution in [2.24, 2.45) is 0 Å². The number of methoxy groups -OCH3 is 2. The first-order valence-electron chi connectivity index (χ1n) is 8.88. The molecule has 0 bridgehead atoms. The zero-order valence-corrected chi connectivity index (χ0v) is 16.8. The van der Waals surface area contributed by atoms with Crippen LogP contribution in [0.1, 0.15) is 10.6 Å². The van der Waals surface area contributed by atoms with Crippen molar-refractivity contribution in [2.75, 3.05) is 40.5 Å². The number of carbonyl (C=O) groups excluding carboxylic acids is 1. The summed E-state index contributed by atoms with van der Waals surface area (Å²) in [6.45, 7) is 2.53. The fourth-order valence-corrected chi connectivity index (χ4v) is 2.90. The van der Waals surface area contributed by atoms with E-state index in [0.717, 1.165) is 23.1 Å². The van der Waals surface area contributed by atoms with Crippen LogP contribution in [0.15, 0.2) is 52.9 Å². The highest BCUT2D eigenvalue weighted by molar-refractivity contribution is 6.08. The molecule has 6 nitrogen and oxygen atoms in total. The van der Waals surface area contributed by atoms with Crippen molar-refractivity contribution in [3.05, 3.63) is 54.3 Å². The minimum Gasteiger partial charge on any atom is -0.497 e. The molecule has 3 rings (SSSR count). The number of ether oxygens (including phenoxy) is 2. The lowest BCUT2D eigenvalue weighted by atomic mass is 10.0. The zero-order chi connectivity index (χ0) is 19.1. The van der Waals surface area contributed by atoms with Crippen LogP contribution in [-0.4, -0.2) is 46.4 Å². The predicted molar refractivity (Wildman–Crippen MR) is 113 cm³/mol. The average molecular weight is 405 g/mol. The van der Waals surface area contributed by atoms with Gasteiger partial charge in [-0.25, -0.2) is 0 Å². The van der Waals surface area contributed by atoms with Gasteiger partial charge in [-0.2, -0.15) is 0 Å². The Labute approximate surface area is 170 Å². The van der Waals surface area contributed by atoms with Gasteiger partial charge < -0.3 is 24.5 Å². The van der Waals surface area contributed by atoms with Crippen LogP contribution in [0.3, 0.4) is 0 Å². The van der Waals surface area contributed by atoms with Crippen molar-refractivity contribution in [1.82, 2.24) is 10.6 Å². The van der Waals surface area contributed by atoms with Gasteiger partial charge in [-0.05, 0) is 17.7 Å². The highest BCUT2D eigenvalue weighted by Gasteiger charge is 2.22. The van der Waals surface area contributed by atoms with Gasteiger partial charge in [-0.1, -0.05) is 30.3 Å². The molecule has 3 aromatic rings. The van der Waals surface area contributed by atoms with E-state index < -0.39 is 0 Å². The molecule has 28 heavy (non-hydrogen) atoms. The molecule has 0 saturated heterocycles. The van der Waals surface area contributed by atoms with E-state index in [4.69, 9.17) is 13.9 Å². The van der Waals surface area contributed by atoms with Gasteiger partial charge in [0, 0.05) is 43.8 Å². The van der Waals surface area contributed by atoms with E-state index in [2.05, 4.69) is 10.6 Å². The quantitative estimate of drug-likeness (QED) is 0.534. The molecule has 7 heteroatoms. The summed E-state index contributed by atoms with van der Waals surface area (Å²) in [5.41, 5.74) is 2.35. The summed E-state index contributed by atoms with van der Waals surface area (Å²) < 4.78 is 16.2. The number of benzene rings is 2. The SMILES string of the molecule is COCCNCCNC(=O)c1oc2cc(OC)ccc2c1-c1ccccc1.Cl. The fraction of sp³-hybridized carbons (Fsp3) is 0.286. The lowest BCUT2D eigenvalue weighted by Crippen LogP contribution is -2.33. The van der Waals surface area contributed by atoms with E-state index in [1.807, 2.05) is 42.5 Å². The molecule has 0 aliphatic carbocycles. The molecule has 0 aliphatic heterocycles. The molecule has 0 radical (unpaired) electrons. The number of hydrogen-bond donors (Lipinski definition) is 2. The normalized spacial score (nSPS) is 10.5. The fourth-order valence-electron chi connectivity index (χ4n) is 2.90. The summed E-state index contributed by atoms with van der Waals surface area (Å²) in [7, 11) is 3.26. The Hall–Kier alpha value is -2.54. The molecule has 2 aromatic carbocycles. The molecule has 0 aliphatic rings. The second kappa shape index (κ2) is 10.7. The van der Waals surface area contributed by atoms with Gasteiger partial charge in [-0.3, -0.25) is 4.79 Å². The van der Waals surface area contributed by atoms with Gasteiger partial charge in [0.1, 0.15) is 11.3 Å². The molecule has 1 amide bonds. The van der Waals surface area contributed by atoms with Crippen LogP contribution < -0.4 is 15.4 Å². The van der Waals surface area contributed by atoms with E-state index in [1.165, 1.54) is 0 Å². The van der Waals surface area contributed by atoms with Crippen LogP contribution in [0.5, 0.6) is 5.75 Å². The van der Waals surface area contributed by atoms with Crippen LogP contribution in [0.25, 0.3) is 22.1 Å². The molecule has 0 saturated carbocycles. The molecule has 2 N–H and O–H groups in total. The Balaban J connectivity index is 0.00000280. The Bertz CT molecular complexity index is 896. The lowest BCUT2D eigenvalue weighted by Gasteiger charge is -2.07. The monoisotopic (exact) mass is 404 g/mol. The predicted octanol–water partition coefficient (Wildman–Crippen LogP) is 3.50. The number of nitrogens with one attached hydrogen (secondary N) is 2.